The van der Waals surface area contributed by atoms with Gasteiger partial charge in [0.15, 0.2) is 6.71 Å². The molecular formula is C20H29BF3N3. The van der Waals surface area contributed by atoms with E-state index in [0.717, 1.165) is 30.9 Å². The van der Waals surface area contributed by atoms with E-state index < -0.39 is 11.7 Å². The van der Waals surface area contributed by atoms with Crippen molar-refractivity contribution in [3.8, 4) is 0 Å². The quantitative estimate of drug-likeness (QED) is 0.650. The third-order valence-corrected chi connectivity index (χ3v) is 7.00. The number of hydrogen-bond acceptors (Lipinski definition) is 2. The first-order valence-corrected chi connectivity index (χ1v) is 9.87. The molecular weight excluding hydrogens is 350 g/mol. The summed E-state index contributed by atoms with van der Waals surface area (Å²) in [5.41, 5.74) is 0.779. The third-order valence-electron chi connectivity index (χ3n) is 7.00. The van der Waals surface area contributed by atoms with E-state index >= 15 is 0 Å². The molecule has 0 atom stereocenters. The second kappa shape index (κ2) is 6.52. The smallest absolute Gasteiger partial charge is 0.241 e. The summed E-state index contributed by atoms with van der Waals surface area (Å²) in [6.45, 7) is 12.9. The maximum Gasteiger partial charge on any atom is 0.418 e. The van der Waals surface area contributed by atoms with Crippen molar-refractivity contribution in [2.24, 2.45) is 10.8 Å². The predicted molar refractivity (Wildman–Crippen MR) is 105 cm³/mol. The maximum atomic E-state index is 13.9. The van der Waals surface area contributed by atoms with E-state index in [1.165, 1.54) is 10.7 Å². The summed E-state index contributed by atoms with van der Waals surface area (Å²) >= 11 is 0. The third kappa shape index (κ3) is 3.38. The molecule has 0 saturated carbocycles. The summed E-state index contributed by atoms with van der Waals surface area (Å²) in [5.74, 6) is 0. The van der Waals surface area contributed by atoms with Gasteiger partial charge in [-0.1, -0.05) is 70.9 Å². The number of nitrogens with zero attached hydrogens (tertiary/aromatic N) is 3. The highest BCUT2D eigenvalue weighted by atomic mass is 19.4. The SMILES string of the molecule is CCC(CC)n1nnc2cc(B3CC(C)(C)C(C)(C)C3)cc(C(F)(F)F)c21. The van der Waals surface area contributed by atoms with Crippen LogP contribution < -0.4 is 5.46 Å². The van der Waals surface area contributed by atoms with Crippen LogP contribution in [0.5, 0.6) is 0 Å². The summed E-state index contributed by atoms with van der Waals surface area (Å²) in [5, 5.41) is 8.23. The van der Waals surface area contributed by atoms with Crippen LogP contribution in [0.4, 0.5) is 13.2 Å². The van der Waals surface area contributed by atoms with Crippen LogP contribution in [0.15, 0.2) is 12.1 Å². The Kier molecular flexibility index (Phi) is 4.88. The Morgan fingerprint density at radius 1 is 1.07 bits per heavy atom. The number of hydrogen-bond donors (Lipinski definition) is 0. The lowest BCUT2D eigenvalue weighted by Crippen LogP contribution is -2.29. The zero-order valence-corrected chi connectivity index (χ0v) is 17.1. The molecule has 0 amide bonds. The molecule has 0 unspecified atom stereocenters. The Labute approximate surface area is 159 Å². The lowest BCUT2D eigenvalue weighted by atomic mass is 9.42. The van der Waals surface area contributed by atoms with Crippen LogP contribution in [0.2, 0.25) is 12.6 Å². The molecule has 27 heavy (non-hydrogen) atoms. The fraction of sp³-hybridized carbons (Fsp3) is 0.700. The molecule has 0 bridgehead atoms. The molecule has 0 spiro atoms. The zero-order valence-electron chi connectivity index (χ0n) is 17.1. The minimum atomic E-state index is -4.43. The first kappa shape index (κ1) is 20.2. The van der Waals surface area contributed by atoms with Gasteiger partial charge in [-0.25, -0.2) is 4.68 Å². The summed E-state index contributed by atoms with van der Waals surface area (Å²) in [6, 6.07) is 3.11. The highest BCUT2D eigenvalue weighted by Gasteiger charge is 2.48. The molecule has 2 heterocycles. The predicted octanol–water partition coefficient (Wildman–Crippen LogP) is 5.58. The summed E-state index contributed by atoms with van der Waals surface area (Å²) in [6.07, 6.45) is -1.23. The van der Waals surface area contributed by atoms with Gasteiger partial charge >= 0.3 is 6.18 Å². The number of fused-ring (bicyclic) bond motifs is 1. The largest absolute Gasteiger partial charge is 0.418 e. The molecule has 1 aromatic heterocycles. The highest BCUT2D eigenvalue weighted by molar-refractivity contribution is 6.74. The van der Waals surface area contributed by atoms with Crippen molar-refractivity contribution in [1.82, 2.24) is 15.0 Å². The number of halogens is 3. The average Bonchev–Trinajstić information content (AvgIpc) is 3.05. The molecule has 1 aliphatic heterocycles. The summed E-state index contributed by atoms with van der Waals surface area (Å²) < 4.78 is 43.3. The molecule has 0 aliphatic carbocycles. The minimum absolute atomic E-state index is 0.0775. The van der Waals surface area contributed by atoms with Gasteiger partial charge in [0, 0.05) is 0 Å². The van der Waals surface area contributed by atoms with Gasteiger partial charge in [-0.15, -0.1) is 5.10 Å². The monoisotopic (exact) mass is 379 g/mol. The number of aromatic nitrogens is 3. The Morgan fingerprint density at radius 3 is 2.11 bits per heavy atom. The van der Waals surface area contributed by atoms with E-state index in [4.69, 9.17) is 0 Å². The van der Waals surface area contributed by atoms with Gasteiger partial charge in [0.1, 0.15) is 11.0 Å². The molecule has 0 radical (unpaired) electrons. The van der Waals surface area contributed by atoms with Crippen LogP contribution in [0.1, 0.15) is 66.0 Å². The second-order valence-corrected chi connectivity index (χ2v) is 9.31. The van der Waals surface area contributed by atoms with Gasteiger partial charge in [-0.2, -0.15) is 13.2 Å². The average molecular weight is 379 g/mol. The molecule has 3 rings (SSSR count). The van der Waals surface area contributed by atoms with Gasteiger partial charge in [0.05, 0.1) is 11.6 Å². The second-order valence-electron chi connectivity index (χ2n) is 9.31. The number of benzene rings is 1. The van der Waals surface area contributed by atoms with Gasteiger partial charge in [-0.3, -0.25) is 0 Å². The Bertz CT molecular complexity index is 819. The van der Waals surface area contributed by atoms with Crippen molar-refractivity contribution in [3.05, 3.63) is 17.7 Å². The van der Waals surface area contributed by atoms with Crippen LogP contribution in [-0.4, -0.2) is 21.7 Å². The van der Waals surface area contributed by atoms with Crippen LogP contribution in [0.3, 0.4) is 0 Å². The Balaban J connectivity index is 2.16. The molecule has 3 nitrogen and oxygen atoms in total. The minimum Gasteiger partial charge on any atom is -0.241 e. The fourth-order valence-corrected chi connectivity index (χ4v) is 4.53. The topological polar surface area (TPSA) is 30.7 Å². The summed E-state index contributed by atoms with van der Waals surface area (Å²) in [7, 11) is 0. The molecule has 2 aromatic rings. The molecule has 0 N–H and O–H groups in total. The van der Waals surface area contributed by atoms with E-state index in [0.29, 0.717) is 5.52 Å². The van der Waals surface area contributed by atoms with E-state index in [2.05, 4.69) is 38.0 Å². The molecule has 1 aromatic carbocycles. The van der Waals surface area contributed by atoms with Crippen LogP contribution in [-0.2, 0) is 6.18 Å². The van der Waals surface area contributed by atoms with Crippen molar-refractivity contribution in [2.75, 3.05) is 0 Å². The van der Waals surface area contributed by atoms with Gasteiger partial charge in [0.2, 0.25) is 0 Å². The lowest BCUT2D eigenvalue weighted by molar-refractivity contribution is -0.136. The van der Waals surface area contributed by atoms with E-state index in [1.807, 2.05) is 19.9 Å². The normalized spacial score (nSPS) is 19.4. The number of rotatable bonds is 4. The van der Waals surface area contributed by atoms with Crippen LogP contribution in [0, 0.1) is 10.8 Å². The highest BCUT2D eigenvalue weighted by Crippen LogP contribution is 2.52. The molecule has 1 fully saturated rings. The van der Waals surface area contributed by atoms with Crippen molar-refractivity contribution >= 4 is 23.2 Å². The number of alkyl halides is 3. The van der Waals surface area contributed by atoms with E-state index in [-0.39, 0.29) is 29.1 Å². The summed E-state index contributed by atoms with van der Waals surface area (Å²) in [4.78, 5) is 0. The first-order chi connectivity index (χ1) is 12.4. The van der Waals surface area contributed by atoms with Crippen LogP contribution >= 0.6 is 0 Å². The van der Waals surface area contributed by atoms with Gasteiger partial charge < -0.3 is 0 Å². The van der Waals surface area contributed by atoms with Crippen molar-refractivity contribution in [3.63, 3.8) is 0 Å². The van der Waals surface area contributed by atoms with E-state index in [9.17, 15) is 13.2 Å². The molecule has 7 heteroatoms. The zero-order chi connectivity index (χ0) is 20.2. The van der Waals surface area contributed by atoms with Gasteiger partial charge in [0.25, 0.3) is 0 Å². The van der Waals surface area contributed by atoms with Crippen molar-refractivity contribution in [1.29, 1.82) is 0 Å². The molecule has 1 saturated heterocycles. The van der Waals surface area contributed by atoms with Gasteiger partial charge in [-0.05, 0) is 29.7 Å². The first-order valence-electron chi connectivity index (χ1n) is 9.87. The maximum absolute atomic E-state index is 13.9. The standard InChI is InChI=1S/C20H29BF3N3/c1-7-14(8-2)27-17-15(20(22,23)24)9-13(10-16(17)25-26-27)21-11-18(3,4)19(5,6)12-21/h9-10,14H,7-8,11-12H2,1-6H3. The fourth-order valence-electron chi connectivity index (χ4n) is 4.53. The Hall–Kier alpha value is -1.53. The van der Waals surface area contributed by atoms with E-state index in [1.54, 1.807) is 0 Å². The molecule has 148 valence electrons. The Morgan fingerprint density at radius 2 is 1.63 bits per heavy atom. The molecule has 1 aliphatic rings. The van der Waals surface area contributed by atoms with Crippen LogP contribution in [0.25, 0.3) is 11.0 Å². The van der Waals surface area contributed by atoms with Crippen molar-refractivity contribution in [2.45, 2.75) is 79.2 Å². The van der Waals surface area contributed by atoms with Crippen molar-refractivity contribution < 1.29 is 13.2 Å². The lowest BCUT2D eigenvalue weighted by Gasteiger charge is -2.35.